The van der Waals surface area contributed by atoms with Crippen molar-refractivity contribution in [2.75, 3.05) is 26.2 Å². The van der Waals surface area contributed by atoms with Crippen LogP contribution in [0.3, 0.4) is 0 Å². The van der Waals surface area contributed by atoms with Crippen LogP contribution in [0.2, 0.25) is 0 Å². The van der Waals surface area contributed by atoms with Crippen LogP contribution in [0.1, 0.15) is 23.1 Å². The molecule has 0 saturated carbocycles. The number of aryl methyl sites for hydroxylation is 2. The molecule has 0 radical (unpaired) electrons. The maximum atomic E-state index is 13.1. The fraction of sp³-hybridized carbons (Fsp3) is 0.400. The van der Waals surface area contributed by atoms with E-state index in [-0.39, 0.29) is 0 Å². The Morgan fingerprint density at radius 3 is 2.50 bits per heavy atom. The van der Waals surface area contributed by atoms with Crippen molar-refractivity contribution in [3.8, 4) is 0 Å². The summed E-state index contributed by atoms with van der Waals surface area (Å²) < 4.78 is 28.4. The molecule has 3 rings (SSSR count). The number of hydrogen-bond donors (Lipinski definition) is 0. The van der Waals surface area contributed by atoms with E-state index in [0.717, 1.165) is 31.6 Å². The molecule has 2 aromatic rings. The molecule has 0 spiro atoms. The first-order valence-corrected chi connectivity index (χ1v) is 11.1. The first-order valence-electron chi connectivity index (χ1n) is 8.91. The van der Waals surface area contributed by atoms with Gasteiger partial charge in [-0.1, -0.05) is 30.3 Å². The summed E-state index contributed by atoms with van der Waals surface area (Å²) in [5, 5.41) is 0. The summed E-state index contributed by atoms with van der Waals surface area (Å²) in [7, 11) is -3.48. The van der Waals surface area contributed by atoms with Gasteiger partial charge in [-0.15, -0.1) is 0 Å². The molecular formula is C20H25BrN2O2S. The number of sulfonamides is 1. The van der Waals surface area contributed by atoms with Crippen LogP contribution < -0.4 is 0 Å². The van der Waals surface area contributed by atoms with Crippen LogP contribution in [0.5, 0.6) is 0 Å². The highest BCUT2D eigenvalue weighted by atomic mass is 79.9. The van der Waals surface area contributed by atoms with Crippen molar-refractivity contribution in [1.29, 1.82) is 0 Å². The minimum absolute atomic E-state index is 0.357. The molecule has 26 heavy (non-hydrogen) atoms. The Bertz CT molecular complexity index is 883. The Morgan fingerprint density at radius 1 is 1.00 bits per heavy atom. The third-order valence-electron chi connectivity index (χ3n) is 4.91. The summed E-state index contributed by atoms with van der Waals surface area (Å²) in [5.41, 5.74) is 3.63. The maximum absolute atomic E-state index is 13.1. The minimum atomic E-state index is -3.48. The third kappa shape index (κ3) is 4.36. The van der Waals surface area contributed by atoms with Gasteiger partial charge in [-0.3, -0.25) is 4.90 Å². The highest BCUT2D eigenvalue weighted by Gasteiger charge is 2.28. The Balaban J connectivity index is 1.72. The first-order chi connectivity index (χ1) is 12.4. The van der Waals surface area contributed by atoms with E-state index in [2.05, 4.69) is 52.0 Å². The van der Waals surface area contributed by atoms with E-state index in [1.54, 1.807) is 10.4 Å². The molecule has 0 N–H and O–H groups in total. The number of benzene rings is 2. The van der Waals surface area contributed by atoms with Crippen molar-refractivity contribution in [2.24, 2.45) is 0 Å². The Kier molecular flexibility index (Phi) is 6.17. The minimum Gasteiger partial charge on any atom is -0.298 e. The van der Waals surface area contributed by atoms with Gasteiger partial charge >= 0.3 is 0 Å². The molecule has 6 heteroatoms. The van der Waals surface area contributed by atoms with Crippen molar-refractivity contribution in [3.63, 3.8) is 0 Å². The summed E-state index contributed by atoms with van der Waals surface area (Å²) in [6, 6.07) is 13.8. The zero-order chi connectivity index (χ0) is 18.7. The van der Waals surface area contributed by atoms with E-state index in [0.29, 0.717) is 22.5 Å². The van der Waals surface area contributed by atoms with E-state index < -0.39 is 10.0 Å². The van der Waals surface area contributed by atoms with Gasteiger partial charge in [-0.05, 0) is 71.6 Å². The Morgan fingerprint density at radius 2 is 1.77 bits per heavy atom. The molecule has 1 heterocycles. The van der Waals surface area contributed by atoms with E-state index in [4.69, 9.17) is 0 Å². The fourth-order valence-corrected chi connectivity index (χ4v) is 5.95. The summed E-state index contributed by atoms with van der Waals surface area (Å²) in [4.78, 5) is 2.71. The molecule has 1 aliphatic heterocycles. The summed E-state index contributed by atoms with van der Waals surface area (Å²) in [5.74, 6) is 0. The molecule has 1 aliphatic rings. The second-order valence-electron chi connectivity index (χ2n) is 6.89. The SMILES string of the molecule is Cc1ccc(S(=O)(=O)N2CCCN(Cc3ccccc3C)CC2)c(Br)c1. The van der Waals surface area contributed by atoms with Gasteiger partial charge in [0.2, 0.25) is 10.0 Å². The van der Waals surface area contributed by atoms with Crippen molar-refractivity contribution in [1.82, 2.24) is 9.21 Å². The standard InChI is InChI=1S/C20H25BrN2O2S/c1-16-8-9-20(19(21)14-16)26(24,25)23-11-5-10-22(12-13-23)15-18-7-4-3-6-17(18)2/h3-4,6-9,14H,5,10-13,15H2,1-2H3. The lowest BCUT2D eigenvalue weighted by Crippen LogP contribution is -2.35. The number of halogens is 1. The lowest BCUT2D eigenvalue weighted by Gasteiger charge is -2.23. The number of hydrogen-bond acceptors (Lipinski definition) is 3. The van der Waals surface area contributed by atoms with Gasteiger partial charge in [0.1, 0.15) is 0 Å². The second-order valence-corrected chi connectivity index (χ2v) is 9.65. The predicted molar refractivity (Wildman–Crippen MR) is 109 cm³/mol. The monoisotopic (exact) mass is 436 g/mol. The molecule has 0 unspecified atom stereocenters. The van der Waals surface area contributed by atoms with Crippen LogP contribution in [0, 0.1) is 13.8 Å². The lowest BCUT2D eigenvalue weighted by molar-refractivity contribution is 0.278. The quantitative estimate of drug-likeness (QED) is 0.727. The number of rotatable bonds is 4. The normalized spacial score (nSPS) is 17.2. The van der Waals surface area contributed by atoms with E-state index >= 15 is 0 Å². The molecule has 4 nitrogen and oxygen atoms in total. The largest absolute Gasteiger partial charge is 0.298 e. The summed E-state index contributed by atoms with van der Waals surface area (Å²) in [6.07, 6.45) is 0.842. The van der Waals surface area contributed by atoms with Crippen LogP contribution in [0.25, 0.3) is 0 Å². The molecule has 1 saturated heterocycles. The maximum Gasteiger partial charge on any atom is 0.244 e. The van der Waals surface area contributed by atoms with Gasteiger partial charge in [-0.25, -0.2) is 8.42 Å². The zero-order valence-corrected chi connectivity index (χ0v) is 17.7. The van der Waals surface area contributed by atoms with Gasteiger partial charge in [0.25, 0.3) is 0 Å². The molecule has 140 valence electrons. The first kappa shape index (κ1) is 19.5. The molecule has 0 amide bonds. The van der Waals surface area contributed by atoms with Crippen LogP contribution in [0.4, 0.5) is 0 Å². The van der Waals surface area contributed by atoms with Gasteiger partial charge in [-0.2, -0.15) is 4.31 Å². The van der Waals surface area contributed by atoms with Crippen molar-refractivity contribution >= 4 is 26.0 Å². The smallest absolute Gasteiger partial charge is 0.244 e. The highest BCUT2D eigenvalue weighted by molar-refractivity contribution is 9.10. The summed E-state index contributed by atoms with van der Waals surface area (Å²) >= 11 is 3.42. The van der Waals surface area contributed by atoms with Gasteiger partial charge in [0.05, 0.1) is 4.90 Å². The zero-order valence-electron chi connectivity index (χ0n) is 15.3. The molecule has 0 bridgehead atoms. The Hall–Kier alpha value is -1.21. The van der Waals surface area contributed by atoms with E-state index in [1.807, 2.05) is 19.1 Å². The van der Waals surface area contributed by atoms with Crippen LogP contribution >= 0.6 is 15.9 Å². The fourth-order valence-electron chi connectivity index (χ4n) is 3.33. The lowest BCUT2D eigenvalue weighted by atomic mass is 10.1. The molecule has 0 aliphatic carbocycles. The van der Waals surface area contributed by atoms with Gasteiger partial charge in [0, 0.05) is 30.7 Å². The van der Waals surface area contributed by atoms with Gasteiger partial charge in [0.15, 0.2) is 0 Å². The van der Waals surface area contributed by atoms with Crippen molar-refractivity contribution in [3.05, 3.63) is 63.6 Å². The van der Waals surface area contributed by atoms with Crippen LogP contribution in [-0.4, -0.2) is 43.8 Å². The van der Waals surface area contributed by atoms with Crippen molar-refractivity contribution in [2.45, 2.75) is 31.7 Å². The third-order valence-corrected chi connectivity index (χ3v) is 7.78. The summed E-state index contributed by atoms with van der Waals surface area (Å²) in [6.45, 7) is 7.69. The average molecular weight is 437 g/mol. The van der Waals surface area contributed by atoms with Crippen LogP contribution in [-0.2, 0) is 16.6 Å². The molecule has 2 aromatic carbocycles. The van der Waals surface area contributed by atoms with E-state index in [9.17, 15) is 8.42 Å². The van der Waals surface area contributed by atoms with Gasteiger partial charge < -0.3 is 0 Å². The van der Waals surface area contributed by atoms with E-state index in [1.165, 1.54) is 11.1 Å². The predicted octanol–water partition coefficient (Wildman–Crippen LogP) is 3.96. The Labute approximate surface area is 165 Å². The molecular weight excluding hydrogens is 412 g/mol. The van der Waals surface area contributed by atoms with Crippen molar-refractivity contribution < 1.29 is 8.42 Å². The molecule has 0 aromatic heterocycles. The van der Waals surface area contributed by atoms with Crippen LogP contribution in [0.15, 0.2) is 51.8 Å². The topological polar surface area (TPSA) is 40.6 Å². The second kappa shape index (κ2) is 8.21. The molecule has 1 fully saturated rings. The average Bonchev–Trinajstić information content (AvgIpc) is 2.83. The highest BCUT2D eigenvalue weighted by Crippen LogP contribution is 2.27. The molecule has 0 atom stereocenters. The number of nitrogens with zero attached hydrogens (tertiary/aromatic N) is 2.